The number of benzene rings is 2. The maximum Gasteiger partial charge on any atom is 0.0406 e. The van der Waals surface area contributed by atoms with Crippen molar-refractivity contribution in [3.8, 4) is 0 Å². The highest BCUT2D eigenvalue weighted by molar-refractivity contribution is 6.30. The van der Waals surface area contributed by atoms with Gasteiger partial charge in [-0.3, -0.25) is 0 Å². The van der Waals surface area contributed by atoms with Crippen LogP contribution >= 0.6 is 11.6 Å². The van der Waals surface area contributed by atoms with Gasteiger partial charge in [0.1, 0.15) is 0 Å². The Hall–Kier alpha value is -1.31. The van der Waals surface area contributed by atoms with Gasteiger partial charge < -0.3 is 5.73 Å². The van der Waals surface area contributed by atoms with Crippen molar-refractivity contribution in [3.05, 3.63) is 69.7 Å². The Labute approximate surface area is 120 Å². The van der Waals surface area contributed by atoms with E-state index in [2.05, 4.69) is 32.0 Å². The molecular weight excluding hydrogens is 254 g/mol. The van der Waals surface area contributed by atoms with Gasteiger partial charge in [-0.25, -0.2) is 0 Å². The summed E-state index contributed by atoms with van der Waals surface area (Å²) in [6.45, 7) is 4.30. The topological polar surface area (TPSA) is 26.0 Å². The van der Waals surface area contributed by atoms with Crippen LogP contribution in [0.4, 0.5) is 0 Å². The Morgan fingerprint density at radius 2 is 1.53 bits per heavy atom. The standard InChI is InChI=1S/C17H20ClN/c1-12-4-3-5-13(2)17(12)11-16(19)10-14-6-8-15(18)9-7-14/h3-9,16H,10-11,19H2,1-2H3. The lowest BCUT2D eigenvalue weighted by atomic mass is 9.94. The number of aryl methyl sites for hydroxylation is 2. The summed E-state index contributed by atoms with van der Waals surface area (Å²) >= 11 is 5.89. The fourth-order valence-electron chi connectivity index (χ4n) is 2.43. The highest BCUT2D eigenvalue weighted by Gasteiger charge is 2.09. The van der Waals surface area contributed by atoms with Gasteiger partial charge in [0.15, 0.2) is 0 Å². The van der Waals surface area contributed by atoms with Crippen molar-refractivity contribution < 1.29 is 0 Å². The zero-order valence-electron chi connectivity index (χ0n) is 11.5. The normalized spacial score (nSPS) is 12.4. The first-order chi connectivity index (χ1) is 9.06. The lowest BCUT2D eigenvalue weighted by Gasteiger charge is -2.15. The van der Waals surface area contributed by atoms with E-state index in [0.29, 0.717) is 0 Å². The van der Waals surface area contributed by atoms with Gasteiger partial charge in [-0.15, -0.1) is 0 Å². The first-order valence-electron chi connectivity index (χ1n) is 6.61. The molecule has 2 aromatic rings. The van der Waals surface area contributed by atoms with E-state index in [1.54, 1.807) is 0 Å². The van der Waals surface area contributed by atoms with Crippen LogP contribution in [0.5, 0.6) is 0 Å². The van der Waals surface area contributed by atoms with E-state index in [1.165, 1.54) is 22.3 Å². The molecule has 0 saturated heterocycles. The van der Waals surface area contributed by atoms with E-state index in [1.807, 2.05) is 24.3 Å². The van der Waals surface area contributed by atoms with Crippen molar-refractivity contribution in [3.63, 3.8) is 0 Å². The Morgan fingerprint density at radius 3 is 2.11 bits per heavy atom. The average molecular weight is 274 g/mol. The van der Waals surface area contributed by atoms with E-state index >= 15 is 0 Å². The fourth-order valence-corrected chi connectivity index (χ4v) is 2.55. The summed E-state index contributed by atoms with van der Waals surface area (Å²) in [4.78, 5) is 0. The predicted octanol–water partition coefficient (Wildman–Crippen LogP) is 4.07. The molecule has 0 aromatic heterocycles. The number of nitrogens with two attached hydrogens (primary N) is 1. The molecule has 2 N–H and O–H groups in total. The van der Waals surface area contributed by atoms with Crippen LogP contribution in [0.2, 0.25) is 5.02 Å². The largest absolute Gasteiger partial charge is 0.327 e. The van der Waals surface area contributed by atoms with E-state index in [9.17, 15) is 0 Å². The van der Waals surface area contributed by atoms with Gasteiger partial charge in [0.2, 0.25) is 0 Å². The monoisotopic (exact) mass is 273 g/mol. The lowest BCUT2D eigenvalue weighted by Crippen LogP contribution is -2.26. The predicted molar refractivity (Wildman–Crippen MR) is 82.8 cm³/mol. The van der Waals surface area contributed by atoms with Crippen LogP contribution in [0.15, 0.2) is 42.5 Å². The SMILES string of the molecule is Cc1cccc(C)c1CC(N)Cc1ccc(Cl)cc1. The molecule has 100 valence electrons. The van der Waals surface area contributed by atoms with Crippen molar-refractivity contribution >= 4 is 11.6 Å². The van der Waals surface area contributed by atoms with Crippen molar-refractivity contribution in [2.45, 2.75) is 32.7 Å². The summed E-state index contributed by atoms with van der Waals surface area (Å²) in [5.41, 5.74) is 11.5. The number of rotatable bonds is 4. The van der Waals surface area contributed by atoms with E-state index in [0.717, 1.165) is 17.9 Å². The summed E-state index contributed by atoms with van der Waals surface area (Å²) in [6.07, 6.45) is 1.80. The van der Waals surface area contributed by atoms with Gasteiger partial charge in [0, 0.05) is 11.1 Å². The molecule has 2 rings (SSSR count). The highest BCUT2D eigenvalue weighted by atomic mass is 35.5. The van der Waals surface area contributed by atoms with Crippen LogP contribution in [0.1, 0.15) is 22.3 Å². The Balaban J connectivity index is 2.05. The molecular formula is C17H20ClN. The quantitative estimate of drug-likeness (QED) is 0.893. The summed E-state index contributed by atoms with van der Waals surface area (Å²) in [6, 6.07) is 14.5. The molecule has 0 aliphatic rings. The lowest BCUT2D eigenvalue weighted by molar-refractivity contribution is 0.660. The summed E-state index contributed by atoms with van der Waals surface area (Å²) in [7, 11) is 0. The third-order valence-electron chi connectivity index (χ3n) is 3.52. The molecule has 1 nitrogen and oxygen atoms in total. The van der Waals surface area contributed by atoms with Crippen LogP contribution < -0.4 is 5.73 Å². The van der Waals surface area contributed by atoms with Crippen molar-refractivity contribution in [1.82, 2.24) is 0 Å². The van der Waals surface area contributed by atoms with Crippen molar-refractivity contribution in [1.29, 1.82) is 0 Å². The first kappa shape index (κ1) is 14.1. The Morgan fingerprint density at radius 1 is 0.947 bits per heavy atom. The zero-order chi connectivity index (χ0) is 13.8. The highest BCUT2D eigenvalue weighted by Crippen LogP contribution is 2.17. The van der Waals surface area contributed by atoms with Gasteiger partial charge in [-0.2, -0.15) is 0 Å². The number of hydrogen-bond donors (Lipinski definition) is 1. The molecule has 0 amide bonds. The molecule has 0 aliphatic heterocycles. The second-order valence-corrected chi connectivity index (χ2v) is 5.60. The summed E-state index contributed by atoms with van der Waals surface area (Å²) in [5, 5.41) is 0.770. The molecule has 1 unspecified atom stereocenters. The summed E-state index contributed by atoms with van der Waals surface area (Å²) in [5.74, 6) is 0. The minimum atomic E-state index is 0.140. The second-order valence-electron chi connectivity index (χ2n) is 5.17. The molecule has 0 radical (unpaired) electrons. The average Bonchev–Trinajstić information content (AvgIpc) is 2.37. The minimum absolute atomic E-state index is 0.140. The summed E-state index contributed by atoms with van der Waals surface area (Å²) < 4.78 is 0. The molecule has 0 saturated carbocycles. The van der Waals surface area contributed by atoms with Crippen molar-refractivity contribution in [2.75, 3.05) is 0 Å². The smallest absolute Gasteiger partial charge is 0.0406 e. The number of hydrogen-bond acceptors (Lipinski definition) is 1. The Bertz CT molecular complexity index is 525. The molecule has 0 bridgehead atoms. The Kier molecular flexibility index (Phi) is 4.62. The number of halogens is 1. The van der Waals surface area contributed by atoms with Crippen LogP contribution in [-0.2, 0) is 12.8 Å². The van der Waals surface area contributed by atoms with Crippen LogP contribution in [0.25, 0.3) is 0 Å². The molecule has 1 atom stereocenters. The third-order valence-corrected chi connectivity index (χ3v) is 3.77. The molecule has 0 heterocycles. The maximum absolute atomic E-state index is 6.28. The molecule has 2 aromatic carbocycles. The minimum Gasteiger partial charge on any atom is -0.327 e. The van der Waals surface area contributed by atoms with Crippen molar-refractivity contribution in [2.24, 2.45) is 5.73 Å². The molecule has 19 heavy (non-hydrogen) atoms. The van der Waals surface area contributed by atoms with Gasteiger partial charge in [0.05, 0.1) is 0 Å². The van der Waals surface area contributed by atoms with Crippen LogP contribution in [0, 0.1) is 13.8 Å². The van der Waals surface area contributed by atoms with E-state index in [4.69, 9.17) is 17.3 Å². The van der Waals surface area contributed by atoms with Gasteiger partial charge in [-0.1, -0.05) is 41.9 Å². The first-order valence-corrected chi connectivity index (χ1v) is 6.99. The fraction of sp³-hybridized carbons (Fsp3) is 0.294. The van der Waals surface area contributed by atoms with Gasteiger partial charge in [-0.05, 0) is 61.1 Å². The second kappa shape index (κ2) is 6.23. The molecule has 2 heteroatoms. The molecule has 0 aliphatic carbocycles. The zero-order valence-corrected chi connectivity index (χ0v) is 12.2. The molecule has 0 spiro atoms. The third kappa shape index (κ3) is 3.82. The van der Waals surface area contributed by atoms with Gasteiger partial charge >= 0.3 is 0 Å². The van der Waals surface area contributed by atoms with Gasteiger partial charge in [0.25, 0.3) is 0 Å². The van der Waals surface area contributed by atoms with E-state index in [-0.39, 0.29) is 6.04 Å². The molecule has 0 fully saturated rings. The van der Waals surface area contributed by atoms with Crippen LogP contribution in [0.3, 0.4) is 0 Å². The maximum atomic E-state index is 6.28. The van der Waals surface area contributed by atoms with E-state index < -0.39 is 0 Å². The van der Waals surface area contributed by atoms with Crippen LogP contribution in [-0.4, -0.2) is 6.04 Å².